The molecule has 0 saturated carbocycles. The maximum absolute atomic E-state index is 12.2. The van der Waals surface area contributed by atoms with Gasteiger partial charge in [0.05, 0.1) is 23.3 Å². The zero-order chi connectivity index (χ0) is 20.6. The van der Waals surface area contributed by atoms with Gasteiger partial charge in [0, 0.05) is 6.54 Å². The number of urea groups is 1. The molecule has 0 spiro atoms. The lowest BCUT2D eigenvalue weighted by Crippen LogP contribution is -2.41. The molecule has 0 unspecified atom stereocenters. The molecule has 0 saturated heterocycles. The maximum atomic E-state index is 12.2. The number of furan rings is 1. The van der Waals surface area contributed by atoms with Crippen LogP contribution in [0, 0.1) is 0 Å². The van der Waals surface area contributed by atoms with Gasteiger partial charge in [0.25, 0.3) is 5.91 Å². The molecule has 3 amide bonds. The summed E-state index contributed by atoms with van der Waals surface area (Å²) in [7, 11) is -3.79. The minimum atomic E-state index is -3.79. The van der Waals surface area contributed by atoms with Gasteiger partial charge < -0.3 is 14.5 Å². The molecule has 11 heteroatoms. The minimum absolute atomic E-state index is 0.0140. The number of sulfonamides is 1. The normalized spacial score (nSPS) is 10.9. The Morgan fingerprint density at radius 2 is 1.82 bits per heavy atom. The molecular formula is C17H19N3O7S. The number of amides is 3. The third-order valence-corrected chi connectivity index (χ3v) is 4.76. The zero-order valence-electron chi connectivity index (χ0n) is 14.9. The summed E-state index contributed by atoms with van der Waals surface area (Å²) in [5.74, 6) is -1.17. The maximum Gasteiger partial charge on any atom is 0.338 e. The quantitative estimate of drug-likeness (QED) is 0.546. The lowest BCUT2D eigenvalue weighted by molar-refractivity contribution is -0.123. The van der Waals surface area contributed by atoms with Gasteiger partial charge in [0.1, 0.15) is 5.76 Å². The molecule has 0 aliphatic carbocycles. The summed E-state index contributed by atoms with van der Waals surface area (Å²) in [6.45, 7) is 1.35. The van der Waals surface area contributed by atoms with E-state index in [0.29, 0.717) is 12.3 Å². The van der Waals surface area contributed by atoms with Crippen LogP contribution in [-0.4, -0.2) is 39.5 Å². The van der Waals surface area contributed by atoms with Crippen molar-refractivity contribution in [2.45, 2.75) is 18.4 Å². The van der Waals surface area contributed by atoms with Gasteiger partial charge in [-0.1, -0.05) is 0 Å². The number of carbonyl (C=O) groups is 3. The van der Waals surface area contributed by atoms with Crippen LogP contribution in [0.2, 0.25) is 0 Å². The summed E-state index contributed by atoms with van der Waals surface area (Å²) >= 11 is 0. The summed E-state index contributed by atoms with van der Waals surface area (Å²) in [4.78, 5) is 34.5. The lowest BCUT2D eigenvalue weighted by atomic mass is 10.2. The van der Waals surface area contributed by atoms with Gasteiger partial charge >= 0.3 is 12.0 Å². The van der Waals surface area contributed by atoms with E-state index in [-0.39, 0.29) is 17.0 Å². The number of ether oxygens (including phenoxy) is 1. The first-order valence-electron chi connectivity index (χ1n) is 8.18. The third-order valence-electron chi connectivity index (χ3n) is 3.34. The monoisotopic (exact) mass is 409 g/mol. The highest BCUT2D eigenvalue weighted by molar-refractivity contribution is 7.89. The van der Waals surface area contributed by atoms with Crippen molar-refractivity contribution in [2.24, 2.45) is 0 Å². The average molecular weight is 409 g/mol. The Labute approximate surface area is 161 Å². The smallest absolute Gasteiger partial charge is 0.338 e. The van der Waals surface area contributed by atoms with E-state index < -0.39 is 34.5 Å². The minimum Gasteiger partial charge on any atom is -0.468 e. The van der Waals surface area contributed by atoms with Crippen LogP contribution < -0.4 is 15.4 Å². The Bertz CT molecular complexity index is 922. The molecule has 1 aromatic heterocycles. The molecule has 2 rings (SSSR count). The largest absolute Gasteiger partial charge is 0.468 e. The number of esters is 1. The van der Waals surface area contributed by atoms with E-state index in [1.54, 1.807) is 19.1 Å². The SMILES string of the molecule is CCNC(=O)NC(=O)COC(=O)c1ccc(S(=O)(=O)NCc2ccco2)cc1. The van der Waals surface area contributed by atoms with Crippen molar-refractivity contribution >= 4 is 27.9 Å². The van der Waals surface area contributed by atoms with Crippen LogP contribution in [0.25, 0.3) is 0 Å². The number of rotatable bonds is 8. The molecule has 150 valence electrons. The van der Waals surface area contributed by atoms with E-state index in [1.165, 1.54) is 30.5 Å². The lowest BCUT2D eigenvalue weighted by Gasteiger charge is -2.08. The summed E-state index contributed by atoms with van der Waals surface area (Å²) in [6, 6.07) is 7.55. The molecule has 3 N–H and O–H groups in total. The second-order valence-corrected chi connectivity index (χ2v) is 7.18. The van der Waals surface area contributed by atoms with Crippen molar-refractivity contribution in [2.75, 3.05) is 13.2 Å². The summed E-state index contributed by atoms with van der Waals surface area (Å²) in [6.07, 6.45) is 1.43. The predicted molar refractivity (Wildman–Crippen MR) is 96.7 cm³/mol. The molecule has 0 aliphatic rings. The average Bonchev–Trinajstić information content (AvgIpc) is 3.18. The van der Waals surface area contributed by atoms with Gasteiger partial charge in [0.15, 0.2) is 6.61 Å². The summed E-state index contributed by atoms with van der Waals surface area (Å²) in [5.41, 5.74) is 0.0517. The fourth-order valence-electron chi connectivity index (χ4n) is 2.01. The number of hydrogen-bond donors (Lipinski definition) is 3. The molecule has 1 aromatic carbocycles. The van der Waals surface area contributed by atoms with Crippen LogP contribution in [0.3, 0.4) is 0 Å². The van der Waals surface area contributed by atoms with Crippen LogP contribution in [0.1, 0.15) is 23.0 Å². The molecule has 0 radical (unpaired) electrons. The van der Waals surface area contributed by atoms with Gasteiger partial charge in [0.2, 0.25) is 10.0 Å². The first-order chi connectivity index (χ1) is 13.3. The van der Waals surface area contributed by atoms with Crippen molar-refractivity contribution in [1.82, 2.24) is 15.4 Å². The highest BCUT2D eigenvalue weighted by atomic mass is 32.2. The summed E-state index contributed by atoms with van der Waals surface area (Å²) < 4.78 is 36.6. The van der Waals surface area contributed by atoms with Crippen molar-refractivity contribution < 1.29 is 32.0 Å². The molecule has 0 aliphatic heterocycles. The molecule has 28 heavy (non-hydrogen) atoms. The zero-order valence-corrected chi connectivity index (χ0v) is 15.7. The second kappa shape index (κ2) is 9.67. The van der Waals surface area contributed by atoms with Gasteiger partial charge in [-0.2, -0.15) is 0 Å². The van der Waals surface area contributed by atoms with Gasteiger partial charge in [-0.15, -0.1) is 0 Å². The first kappa shape index (κ1) is 21.1. The van der Waals surface area contributed by atoms with E-state index >= 15 is 0 Å². The molecule has 2 aromatic rings. The second-order valence-electron chi connectivity index (χ2n) is 5.41. The van der Waals surface area contributed by atoms with Crippen LogP contribution in [0.4, 0.5) is 4.79 Å². The number of carbonyl (C=O) groups excluding carboxylic acids is 3. The van der Waals surface area contributed by atoms with E-state index in [0.717, 1.165) is 0 Å². The number of hydrogen-bond acceptors (Lipinski definition) is 7. The number of imide groups is 1. The van der Waals surface area contributed by atoms with Gasteiger partial charge in [-0.3, -0.25) is 10.1 Å². The number of benzene rings is 1. The van der Waals surface area contributed by atoms with E-state index in [4.69, 9.17) is 9.15 Å². The Kier molecular flexibility index (Phi) is 7.29. The van der Waals surface area contributed by atoms with Crippen molar-refractivity contribution in [3.63, 3.8) is 0 Å². The Balaban J connectivity index is 1.89. The molecular weight excluding hydrogens is 390 g/mol. The topological polar surface area (TPSA) is 144 Å². The van der Waals surface area contributed by atoms with E-state index in [2.05, 4.69) is 10.0 Å². The predicted octanol–water partition coefficient (Wildman–Crippen LogP) is 0.761. The summed E-state index contributed by atoms with van der Waals surface area (Å²) in [5, 5.41) is 4.34. The molecule has 0 fully saturated rings. The van der Waals surface area contributed by atoms with Gasteiger partial charge in [-0.05, 0) is 43.3 Å². The standard InChI is InChI=1S/C17H19N3O7S/c1-2-18-17(23)20-15(21)11-27-16(22)12-5-7-14(8-6-12)28(24,25)19-10-13-4-3-9-26-13/h3-9,19H,2,10-11H2,1H3,(H2,18,20,21,23). The molecule has 0 bridgehead atoms. The number of nitrogens with one attached hydrogen (secondary N) is 3. The molecule has 10 nitrogen and oxygen atoms in total. The van der Waals surface area contributed by atoms with Gasteiger partial charge in [-0.25, -0.2) is 22.7 Å². The Morgan fingerprint density at radius 1 is 1.11 bits per heavy atom. The third kappa shape index (κ3) is 6.21. The Morgan fingerprint density at radius 3 is 2.43 bits per heavy atom. The van der Waals surface area contributed by atoms with E-state index in [9.17, 15) is 22.8 Å². The highest BCUT2D eigenvalue weighted by Crippen LogP contribution is 2.12. The fraction of sp³-hybridized carbons (Fsp3) is 0.235. The van der Waals surface area contributed by atoms with Crippen molar-refractivity contribution in [3.8, 4) is 0 Å². The Hall–Kier alpha value is -3.18. The van der Waals surface area contributed by atoms with Crippen molar-refractivity contribution in [1.29, 1.82) is 0 Å². The molecule has 1 heterocycles. The van der Waals surface area contributed by atoms with E-state index in [1.807, 2.05) is 5.32 Å². The van der Waals surface area contributed by atoms with Crippen LogP contribution in [0.5, 0.6) is 0 Å². The molecule has 0 atom stereocenters. The van der Waals surface area contributed by atoms with Crippen LogP contribution in [-0.2, 0) is 26.1 Å². The first-order valence-corrected chi connectivity index (χ1v) is 9.67. The highest BCUT2D eigenvalue weighted by Gasteiger charge is 2.17. The fourth-order valence-corrected chi connectivity index (χ4v) is 3.01. The van der Waals surface area contributed by atoms with Crippen LogP contribution >= 0.6 is 0 Å². The van der Waals surface area contributed by atoms with Crippen molar-refractivity contribution in [3.05, 3.63) is 54.0 Å². The van der Waals surface area contributed by atoms with Crippen LogP contribution in [0.15, 0.2) is 52.0 Å².